The SMILES string of the molecule is C.C=C(F)C(=O)N1CCN(c2nc(OC)nc3c2CCN(c2cccc4cccc(Cl)c24)C3)CC1CC#N.CC(C)(CCN1CCCC1)OCCC(C)(C)Oc1cc(Cl)cc(NC(=O)NCc2ccc3c(c2)CN(C2CCC(=O)NC2=O)C3=O)c1. The van der Waals surface area contributed by atoms with E-state index in [2.05, 4.69) is 68.3 Å². The van der Waals surface area contributed by atoms with Crippen LogP contribution < -0.4 is 35.2 Å². The van der Waals surface area contributed by atoms with Crippen molar-refractivity contribution in [2.75, 3.05) is 74.6 Å². The zero-order chi connectivity index (χ0) is 59.9. The lowest BCUT2D eigenvalue weighted by Crippen LogP contribution is -2.55. The summed E-state index contributed by atoms with van der Waals surface area (Å²) in [6.45, 7) is 18.2. The number of benzene rings is 4. The number of nitriles is 1. The number of hydrogen-bond acceptors (Lipinski definition) is 14. The number of carbonyl (C=O) groups excluding carboxylic acids is 5. The first-order valence-electron chi connectivity index (χ1n) is 28.5. The number of methoxy groups -OCH3 is 1. The van der Waals surface area contributed by atoms with Gasteiger partial charge < -0.3 is 49.3 Å². The molecule has 6 heterocycles. The molecule has 3 fully saturated rings. The van der Waals surface area contributed by atoms with Gasteiger partial charge in [-0.15, -0.1) is 0 Å². The van der Waals surface area contributed by atoms with Crippen molar-refractivity contribution in [3.63, 3.8) is 0 Å². The van der Waals surface area contributed by atoms with Gasteiger partial charge in [-0.25, -0.2) is 9.18 Å². The third-order valence-corrected chi connectivity index (χ3v) is 16.5. The molecular formula is C63H76Cl2FN11O8. The second kappa shape index (κ2) is 27.6. The van der Waals surface area contributed by atoms with E-state index >= 15 is 0 Å². The molecule has 0 saturated carbocycles. The van der Waals surface area contributed by atoms with Crippen LogP contribution in [0.5, 0.6) is 11.8 Å². The van der Waals surface area contributed by atoms with Gasteiger partial charge in [0.1, 0.15) is 23.2 Å². The fourth-order valence-corrected chi connectivity index (χ4v) is 12.0. The Morgan fingerprint density at radius 1 is 0.906 bits per heavy atom. The zero-order valence-electron chi connectivity index (χ0n) is 48.2. The van der Waals surface area contributed by atoms with Crippen molar-refractivity contribution >= 4 is 80.8 Å². The molecule has 0 radical (unpaired) electrons. The van der Waals surface area contributed by atoms with Gasteiger partial charge in [-0.1, -0.05) is 73.6 Å². The molecule has 2 atom stereocenters. The highest BCUT2D eigenvalue weighted by molar-refractivity contribution is 6.36. The van der Waals surface area contributed by atoms with Crippen LogP contribution >= 0.6 is 23.2 Å². The number of anilines is 3. The van der Waals surface area contributed by atoms with Crippen molar-refractivity contribution in [1.29, 1.82) is 5.26 Å². The predicted octanol–water partition coefficient (Wildman–Crippen LogP) is 10.2. The van der Waals surface area contributed by atoms with Crippen LogP contribution in [-0.2, 0) is 45.2 Å². The van der Waals surface area contributed by atoms with E-state index in [-0.39, 0.29) is 63.3 Å². The Bertz CT molecular complexity index is 3360. The number of aromatic nitrogens is 2. The first-order valence-corrected chi connectivity index (χ1v) is 29.2. The van der Waals surface area contributed by atoms with E-state index in [4.69, 9.17) is 37.4 Å². The lowest BCUT2D eigenvalue weighted by Gasteiger charge is -2.42. The maximum Gasteiger partial charge on any atom is 0.319 e. The minimum atomic E-state index is -1.02. The van der Waals surface area contributed by atoms with Crippen LogP contribution in [0.4, 0.5) is 26.4 Å². The van der Waals surface area contributed by atoms with Crippen molar-refractivity contribution < 1.29 is 42.6 Å². The smallest absolute Gasteiger partial charge is 0.319 e. The Morgan fingerprint density at radius 2 is 1.67 bits per heavy atom. The predicted molar refractivity (Wildman–Crippen MR) is 327 cm³/mol. The third kappa shape index (κ3) is 15.7. The van der Waals surface area contributed by atoms with E-state index in [1.54, 1.807) is 30.3 Å². The lowest BCUT2D eigenvalue weighted by molar-refractivity contribution is -0.137. The quantitative estimate of drug-likeness (QED) is 0.0550. The van der Waals surface area contributed by atoms with Gasteiger partial charge >= 0.3 is 12.0 Å². The summed E-state index contributed by atoms with van der Waals surface area (Å²) in [4.78, 5) is 81.0. The summed E-state index contributed by atoms with van der Waals surface area (Å²) in [6, 6.07) is 23.3. The highest BCUT2D eigenvalue weighted by atomic mass is 35.5. The Hall–Kier alpha value is -7.57. The van der Waals surface area contributed by atoms with Gasteiger partial charge in [-0.3, -0.25) is 24.5 Å². The summed E-state index contributed by atoms with van der Waals surface area (Å²) in [5, 5.41) is 20.5. The highest BCUT2D eigenvalue weighted by Gasteiger charge is 2.40. The number of rotatable bonds is 18. The van der Waals surface area contributed by atoms with Gasteiger partial charge in [0.15, 0.2) is 5.83 Å². The first-order chi connectivity index (χ1) is 40.2. The fraction of sp³-hybridized carbons (Fsp3) is 0.460. The number of fused-ring (bicyclic) bond motifs is 3. The number of ether oxygens (including phenoxy) is 3. The molecule has 1 aromatic heterocycles. The van der Waals surface area contributed by atoms with Crippen molar-refractivity contribution in [2.45, 2.75) is 129 Å². The van der Waals surface area contributed by atoms with Crippen LogP contribution in [0.3, 0.4) is 0 Å². The van der Waals surface area contributed by atoms with Gasteiger partial charge in [-0.2, -0.15) is 15.2 Å². The number of imide groups is 1. The largest absolute Gasteiger partial charge is 0.488 e. The van der Waals surface area contributed by atoms with Gasteiger partial charge in [0.25, 0.3) is 11.8 Å². The molecule has 5 aliphatic heterocycles. The number of urea groups is 1. The summed E-state index contributed by atoms with van der Waals surface area (Å²) >= 11 is 13.0. The van der Waals surface area contributed by atoms with Gasteiger partial charge in [0.05, 0.1) is 55.1 Å². The van der Waals surface area contributed by atoms with Crippen LogP contribution in [0.25, 0.3) is 10.8 Å². The second-order valence-corrected chi connectivity index (χ2v) is 23.8. The molecule has 5 aliphatic rings. The number of nitrogens with zero attached hydrogens (tertiary/aromatic N) is 8. The van der Waals surface area contributed by atoms with E-state index in [0.29, 0.717) is 72.5 Å². The number of likely N-dealkylation sites (tertiary alicyclic amines) is 1. The second-order valence-electron chi connectivity index (χ2n) is 23.0. The molecular weight excluding hydrogens is 1130 g/mol. The molecule has 22 heteroatoms. The summed E-state index contributed by atoms with van der Waals surface area (Å²) in [5.41, 5.74) is 4.73. The molecule has 452 valence electrons. The maximum atomic E-state index is 13.6. The molecule has 4 aromatic carbocycles. The molecule has 2 unspecified atom stereocenters. The number of halogens is 3. The van der Waals surface area contributed by atoms with Gasteiger partial charge in [-0.05, 0) is 120 Å². The Kier molecular flexibility index (Phi) is 20.6. The molecule has 3 N–H and O–H groups in total. The third-order valence-electron chi connectivity index (χ3n) is 16.0. The fourth-order valence-electron chi connectivity index (χ4n) is 11.5. The van der Waals surface area contributed by atoms with Crippen molar-refractivity contribution in [1.82, 2.24) is 35.3 Å². The molecule has 0 bridgehead atoms. The van der Waals surface area contributed by atoms with Crippen LogP contribution in [0.15, 0.2) is 85.2 Å². The number of hydrogen-bond donors (Lipinski definition) is 3. The number of amides is 6. The summed E-state index contributed by atoms with van der Waals surface area (Å²) in [5.74, 6) is -1.54. The molecule has 5 aromatic rings. The van der Waals surface area contributed by atoms with E-state index in [0.717, 1.165) is 64.2 Å². The van der Waals surface area contributed by atoms with Crippen molar-refractivity contribution in [3.05, 3.63) is 123 Å². The Morgan fingerprint density at radius 3 is 2.40 bits per heavy atom. The van der Waals surface area contributed by atoms with Gasteiger partial charge in [0.2, 0.25) is 11.8 Å². The highest BCUT2D eigenvalue weighted by Crippen LogP contribution is 2.38. The van der Waals surface area contributed by atoms with Crippen molar-refractivity contribution in [2.24, 2.45) is 0 Å². The van der Waals surface area contributed by atoms with E-state index in [9.17, 15) is 33.6 Å². The van der Waals surface area contributed by atoms with Crippen LogP contribution in [0.1, 0.15) is 113 Å². The standard InChI is InChI=1S/C35H46ClN5O6.C27H26ClFN6O2.CH4/c1-34(2,11-15-40-13-5-6-14-40)46-16-12-35(3,4)47-27-19-25(36)18-26(20-27)38-33(45)37-21-23-7-8-28-24(17-23)22-41(32(28)44)29-9-10-30(42)39-31(29)43;1-17(29)26(36)35-14-13-34(15-19(35)9-11-30)25-20-10-12-33(16-22(20)31-27(32-25)37-2)23-8-4-6-18-5-3-7-21(28)24(18)23;/h7-8,17-20,29H,5-6,9-16,21-22H2,1-4H3,(H2,37,38,45)(H,39,42,43);3-8,19H,1,9-10,12-16H2,2H3;1H4. The van der Waals surface area contributed by atoms with Crippen molar-refractivity contribution in [3.8, 4) is 17.8 Å². The first kappa shape index (κ1) is 63.5. The van der Waals surface area contributed by atoms with Crippen LogP contribution in [-0.4, -0.2) is 137 Å². The molecule has 10 rings (SSSR count). The molecule has 6 amide bonds. The zero-order valence-corrected chi connectivity index (χ0v) is 49.7. The molecule has 3 saturated heterocycles. The summed E-state index contributed by atoms with van der Waals surface area (Å²) in [7, 11) is 1.53. The molecule has 85 heavy (non-hydrogen) atoms. The van der Waals surface area contributed by atoms with Crippen LogP contribution in [0, 0.1) is 11.3 Å². The number of carbonyl (C=O) groups is 5. The minimum absolute atomic E-state index is 0. The minimum Gasteiger partial charge on any atom is -0.488 e. The number of piperazine rings is 1. The van der Waals surface area contributed by atoms with E-state index in [1.807, 2.05) is 55.1 Å². The topological polar surface area (TPSA) is 215 Å². The summed E-state index contributed by atoms with van der Waals surface area (Å²) < 4.78 is 31.6. The maximum absolute atomic E-state index is 13.6. The average molecular weight is 1210 g/mol. The average Bonchev–Trinajstić information content (AvgIpc) is 2.45. The molecule has 19 nitrogen and oxygen atoms in total. The van der Waals surface area contributed by atoms with Crippen LogP contribution in [0.2, 0.25) is 10.0 Å². The summed E-state index contributed by atoms with van der Waals surface area (Å²) in [6.07, 6.45) is 5.50. The number of piperidine rings is 1. The number of nitrogens with one attached hydrogen (secondary N) is 3. The van der Waals surface area contributed by atoms with Gasteiger partial charge in [0, 0.05) is 97.6 Å². The van der Waals surface area contributed by atoms with E-state index < -0.39 is 41.4 Å². The Balaban J connectivity index is 0.000000225. The molecule has 0 aliphatic carbocycles. The monoisotopic (exact) mass is 1200 g/mol. The van der Waals surface area contributed by atoms with E-state index in [1.165, 1.54) is 42.8 Å². The Labute approximate surface area is 506 Å². The lowest BCUT2D eigenvalue weighted by atomic mass is 10.0. The molecule has 0 spiro atoms. The normalized spacial score (nSPS) is 17.9.